The minimum absolute atomic E-state index is 0.0773. The highest BCUT2D eigenvalue weighted by Gasteiger charge is 2.28. The summed E-state index contributed by atoms with van der Waals surface area (Å²) in [7, 11) is 0. The maximum Gasteiger partial charge on any atom is 0.330 e. The van der Waals surface area contributed by atoms with Gasteiger partial charge < -0.3 is 15.0 Å². The summed E-state index contributed by atoms with van der Waals surface area (Å²) in [6, 6.07) is 13.6. The van der Waals surface area contributed by atoms with Gasteiger partial charge in [-0.2, -0.15) is 0 Å². The van der Waals surface area contributed by atoms with Crippen molar-refractivity contribution in [2.24, 2.45) is 0 Å². The second-order valence-corrected chi connectivity index (χ2v) is 8.09. The molecule has 1 aliphatic heterocycles. The van der Waals surface area contributed by atoms with Gasteiger partial charge in [-0.25, -0.2) is 14.6 Å². The highest BCUT2D eigenvalue weighted by atomic mass is 16.5. The number of rotatable bonds is 8. The van der Waals surface area contributed by atoms with Crippen molar-refractivity contribution < 1.29 is 9.53 Å². The van der Waals surface area contributed by atoms with Crippen LogP contribution in [-0.2, 0) is 11.3 Å². The van der Waals surface area contributed by atoms with Gasteiger partial charge in [0.15, 0.2) is 5.65 Å². The number of aromatic nitrogens is 3. The summed E-state index contributed by atoms with van der Waals surface area (Å²) < 4.78 is 8.89. The largest absolute Gasteiger partial charge is 0.382 e. The minimum atomic E-state index is -0.0974. The molecule has 170 valence electrons. The fraction of sp³-hybridized carbons (Fsp3) is 0.458. The maximum atomic E-state index is 13.5. The molecule has 3 heterocycles. The van der Waals surface area contributed by atoms with E-state index in [9.17, 15) is 9.59 Å². The first-order valence-corrected chi connectivity index (χ1v) is 11.4. The third-order valence-electron chi connectivity index (χ3n) is 5.90. The Kier molecular flexibility index (Phi) is 7.21. The summed E-state index contributed by atoms with van der Waals surface area (Å²) in [5.74, 6) is 0. The van der Waals surface area contributed by atoms with Crippen molar-refractivity contribution in [2.75, 3.05) is 32.8 Å². The van der Waals surface area contributed by atoms with Crippen molar-refractivity contribution >= 4 is 17.2 Å². The summed E-state index contributed by atoms with van der Waals surface area (Å²) in [4.78, 5) is 32.5. The van der Waals surface area contributed by atoms with E-state index in [2.05, 4.69) is 10.3 Å². The Balaban J connectivity index is 1.53. The standard InChI is InChI=1S/C24H31N5O3/c1-2-32-16-8-14-26-23(30)27-15-7-11-20(18-27)29-22-21(12-6-13-25-22)28(24(29)31)17-19-9-4-3-5-10-19/h3-6,9-10,12-13,20H,2,7-8,11,14-18H2,1H3,(H,26,30)/t20-/m0/s1. The topological polar surface area (TPSA) is 81.4 Å². The number of imidazole rings is 1. The number of urea groups is 1. The number of fused-ring (bicyclic) bond motifs is 1. The number of ether oxygens (including phenoxy) is 1. The van der Waals surface area contributed by atoms with Gasteiger partial charge in [-0.3, -0.25) is 9.13 Å². The Morgan fingerprint density at radius 3 is 2.88 bits per heavy atom. The first-order chi connectivity index (χ1) is 15.7. The van der Waals surface area contributed by atoms with E-state index in [4.69, 9.17) is 4.74 Å². The highest BCUT2D eigenvalue weighted by Crippen LogP contribution is 2.24. The lowest BCUT2D eigenvalue weighted by atomic mass is 10.1. The SMILES string of the molecule is CCOCCCNC(=O)N1CCC[C@H](n2c(=O)n(Cc3ccccc3)c3cccnc32)C1. The summed E-state index contributed by atoms with van der Waals surface area (Å²) in [6.45, 7) is 5.55. The average Bonchev–Trinajstić information content (AvgIpc) is 3.11. The molecule has 1 aromatic carbocycles. The summed E-state index contributed by atoms with van der Waals surface area (Å²) in [6.07, 6.45) is 4.20. The van der Waals surface area contributed by atoms with Crippen LogP contribution in [0.3, 0.4) is 0 Å². The van der Waals surface area contributed by atoms with Gasteiger partial charge in [0.1, 0.15) is 0 Å². The van der Waals surface area contributed by atoms with E-state index in [1.54, 1.807) is 15.3 Å². The lowest BCUT2D eigenvalue weighted by molar-refractivity contribution is 0.142. The van der Waals surface area contributed by atoms with Crippen LogP contribution >= 0.6 is 0 Å². The molecule has 1 aliphatic rings. The summed E-state index contributed by atoms with van der Waals surface area (Å²) in [5, 5.41) is 2.97. The molecule has 0 saturated carbocycles. The number of likely N-dealkylation sites (tertiary alicyclic amines) is 1. The highest BCUT2D eigenvalue weighted by molar-refractivity contribution is 5.74. The number of carbonyl (C=O) groups excluding carboxylic acids is 1. The van der Waals surface area contributed by atoms with E-state index < -0.39 is 0 Å². The molecule has 1 saturated heterocycles. The van der Waals surface area contributed by atoms with Crippen LogP contribution in [0.1, 0.15) is 37.8 Å². The Bertz CT molecular complexity index is 1090. The van der Waals surface area contributed by atoms with Crippen molar-refractivity contribution in [2.45, 2.75) is 38.8 Å². The van der Waals surface area contributed by atoms with Gasteiger partial charge in [-0.05, 0) is 43.9 Å². The Morgan fingerprint density at radius 2 is 2.06 bits per heavy atom. The number of nitrogens with zero attached hydrogens (tertiary/aromatic N) is 4. The van der Waals surface area contributed by atoms with E-state index in [0.29, 0.717) is 45.0 Å². The van der Waals surface area contributed by atoms with E-state index in [1.807, 2.05) is 54.3 Å². The molecule has 0 aliphatic carbocycles. The molecule has 3 aromatic rings. The summed E-state index contributed by atoms with van der Waals surface area (Å²) in [5.41, 5.74) is 2.48. The number of nitrogens with one attached hydrogen (secondary N) is 1. The second-order valence-electron chi connectivity index (χ2n) is 8.09. The normalized spacial score (nSPS) is 16.4. The van der Waals surface area contributed by atoms with Crippen LogP contribution in [0.5, 0.6) is 0 Å². The Hall–Kier alpha value is -3.13. The van der Waals surface area contributed by atoms with Gasteiger partial charge in [0.2, 0.25) is 0 Å². The molecule has 1 atom stereocenters. The molecule has 1 N–H and O–H groups in total. The summed E-state index contributed by atoms with van der Waals surface area (Å²) >= 11 is 0. The molecule has 32 heavy (non-hydrogen) atoms. The van der Waals surface area contributed by atoms with Gasteiger partial charge in [0.25, 0.3) is 0 Å². The van der Waals surface area contributed by atoms with Crippen LogP contribution < -0.4 is 11.0 Å². The minimum Gasteiger partial charge on any atom is -0.382 e. The van der Waals surface area contributed by atoms with E-state index >= 15 is 0 Å². The third kappa shape index (κ3) is 4.85. The molecule has 1 fully saturated rings. The molecule has 0 bridgehead atoms. The second kappa shape index (κ2) is 10.5. The zero-order valence-electron chi connectivity index (χ0n) is 18.6. The number of hydrogen-bond donors (Lipinski definition) is 1. The average molecular weight is 438 g/mol. The number of carbonyl (C=O) groups is 1. The van der Waals surface area contributed by atoms with Gasteiger partial charge in [0, 0.05) is 39.0 Å². The van der Waals surface area contributed by atoms with Crippen molar-refractivity contribution in [1.29, 1.82) is 0 Å². The lowest BCUT2D eigenvalue weighted by Crippen LogP contribution is -2.47. The Morgan fingerprint density at radius 1 is 1.22 bits per heavy atom. The third-order valence-corrected chi connectivity index (χ3v) is 5.90. The van der Waals surface area contributed by atoms with E-state index in [-0.39, 0.29) is 17.8 Å². The van der Waals surface area contributed by atoms with E-state index in [1.165, 1.54) is 0 Å². The number of piperidine rings is 1. The first kappa shape index (κ1) is 22.1. The Labute approximate surface area is 187 Å². The monoisotopic (exact) mass is 437 g/mol. The van der Waals surface area contributed by atoms with Crippen molar-refractivity contribution in [3.05, 3.63) is 64.7 Å². The van der Waals surface area contributed by atoms with Crippen LogP contribution in [0, 0.1) is 0 Å². The van der Waals surface area contributed by atoms with Crippen LogP contribution in [0.15, 0.2) is 53.5 Å². The fourth-order valence-corrected chi connectivity index (χ4v) is 4.33. The van der Waals surface area contributed by atoms with Gasteiger partial charge in [0.05, 0.1) is 18.1 Å². The van der Waals surface area contributed by atoms with Crippen molar-refractivity contribution in [3.8, 4) is 0 Å². The molecule has 2 aromatic heterocycles. The van der Waals surface area contributed by atoms with Gasteiger partial charge in [-0.1, -0.05) is 30.3 Å². The zero-order chi connectivity index (χ0) is 22.3. The molecular weight excluding hydrogens is 406 g/mol. The molecule has 2 amide bonds. The molecular formula is C24H31N5O3. The lowest BCUT2D eigenvalue weighted by Gasteiger charge is -2.33. The predicted octanol–water partition coefficient (Wildman–Crippen LogP) is 3.02. The zero-order valence-corrected chi connectivity index (χ0v) is 18.6. The van der Waals surface area contributed by atoms with Crippen molar-refractivity contribution in [3.63, 3.8) is 0 Å². The number of hydrogen-bond acceptors (Lipinski definition) is 4. The fourth-order valence-electron chi connectivity index (χ4n) is 4.33. The van der Waals surface area contributed by atoms with Crippen molar-refractivity contribution in [1.82, 2.24) is 24.3 Å². The number of benzene rings is 1. The van der Waals surface area contributed by atoms with Gasteiger partial charge >= 0.3 is 11.7 Å². The molecule has 0 spiro atoms. The van der Waals surface area contributed by atoms with Crippen LogP contribution in [0.4, 0.5) is 4.79 Å². The van der Waals surface area contributed by atoms with Crippen LogP contribution in [0.25, 0.3) is 11.2 Å². The number of pyridine rings is 1. The van der Waals surface area contributed by atoms with E-state index in [0.717, 1.165) is 30.3 Å². The number of amides is 2. The molecule has 4 rings (SSSR count). The smallest absolute Gasteiger partial charge is 0.330 e. The van der Waals surface area contributed by atoms with Gasteiger partial charge in [-0.15, -0.1) is 0 Å². The quantitative estimate of drug-likeness (QED) is 0.549. The molecule has 8 nitrogen and oxygen atoms in total. The van der Waals surface area contributed by atoms with Crippen LogP contribution in [-0.4, -0.2) is 57.9 Å². The predicted molar refractivity (Wildman–Crippen MR) is 124 cm³/mol. The first-order valence-electron chi connectivity index (χ1n) is 11.4. The molecule has 8 heteroatoms. The molecule has 0 unspecified atom stereocenters. The molecule has 0 radical (unpaired) electrons. The van der Waals surface area contributed by atoms with Crippen LogP contribution in [0.2, 0.25) is 0 Å². The maximum absolute atomic E-state index is 13.5.